The third-order valence-electron chi connectivity index (χ3n) is 4.04. The fourth-order valence-electron chi connectivity index (χ4n) is 2.70. The van der Waals surface area contributed by atoms with Gasteiger partial charge in [-0.05, 0) is 49.4 Å². The van der Waals surface area contributed by atoms with Gasteiger partial charge in [-0.25, -0.2) is 0 Å². The minimum absolute atomic E-state index is 0.335. The molecule has 1 aliphatic carbocycles. The third-order valence-corrected chi connectivity index (χ3v) is 4.73. The lowest BCUT2D eigenvalue weighted by Crippen LogP contribution is -2.25. The Balaban J connectivity index is 2.35. The maximum absolute atomic E-state index is 5.41. The number of rotatable bonds is 6. The number of hydrogen-bond acceptors (Lipinski definition) is 3. The fraction of sp³-hybridized carbons (Fsp3) is 0.600. The highest BCUT2D eigenvalue weighted by molar-refractivity contribution is 9.10. The normalized spacial score (nSPS) is 17.9. The van der Waals surface area contributed by atoms with Gasteiger partial charge in [-0.15, -0.1) is 0 Å². The Hall–Kier alpha value is -0.740. The molecule has 19 heavy (non-hydrogen) atoms. The molecule has 4 heteroatoms. The Morgan fingerprint density at radius 1 is 1.21 bits per heavy atom. The van der Waals surface area contributed by atoms with Gasteiger partial charge in [0.1, 0.15) is 0 Å². The van der Waals surface area contributed by atoms with Gasteiger partial charge in [0.15, 0.2) is 11.5 Å². The molecule has 2 atom stereocenters. The van der Waals surface area contributed by atoms with Crippen LogP contribution in [-0.2, 0) is 0 Å². The maximum Gasteiger partial charge on any atom is 0.161 e. The molecule has 0 aliphatic heterocycles. The number of halogens is 1. The van der Waals surface area contributed by atoms with Crippen molar-refractivity contribution in [2.45, 2.75) is 25.8 Å². The van der Waals surface area contributed by atoms with Crippen LogP contribution >= 0.6 is 15.9 Å². The standard InChI is InChI=1S/C15H22BrNO2/c1-9(10-5-6-10)15(17-2)11-7-13(18-3)14(19-4)8-12(11)16/h7-10,15,17H,5-6H2,1-4H3. The van der Waals surface area contributed by atoms with Gasteiger partial charge in [0.2, 0.25) is 0 Å². The first-order valence-electron chi connectivity index (χ1n) is 6.71. The van der Waals surface area contributed by atoms with Gasteiger partial charge in [0.25, 0.3) is 0 Å². The van der Waals surface area contributed by atoms with Gasteiger partial charge < -0.3 is 14.8 Å². The first-order chi connectivity index (χ1) is 9.12. The second kappa shape index (κ2) is 6.14. The van der Waals surface area contributed by atoms with Crippen molar-refractivity contribution in [3.63, 3.8) is 0 Å². The van der Waals surface area contributed by atoms with Crippen LogP contribution in [0.5, 0.6) is 11.5 Å². The average Bonchev–Trinajstić information content (AvgIpc) is 3.25. The summed E-state index contributed by atoms with van der Waals surface area (Å²) >= 11 is 3.66. The van der Waals surface area contributed by atoms with Gasteiger partial charge >= 0.3 is 0 Å². The average molecular weight is 328 g/mol. The van der Waals surface area contributed by atoms with E-state index in [1.165, 1.54) is 18.4 Å². The second-order valence-electron chi connectivity index (χ2n) is 5.19. The second-order valence-corrected chi connectivity index (χ2v) is 6.05. The largest absolute Gasteiger partial charge is 0.493 e. The molecular weight excluding hydrogens is 306 g/mol. The molecule has 1 N–H and O–H groups in total. The lowest BCUT2D eigenvalue weighted by Gasteiger charge is -2.26. The predicted molar refractivity (Wildman–Crippen MR) is 80.9 cm³/mol. The van der Waals surface area contributed by atoms with E-state index in [9.17, 15) is 0 Å². The Morgan fingerprint density at radius 3 is 2.26 bits per heavy atom. The molecule has 0 radical (unpaired) electrons. The SMILES string of the molecule is CNC(c1cc(OC)c(OC)cc1Br)C(C)C1CC1. The van der Waals surface area contributed by atoms with E-state index < -0.39 is 0 Å². The summed E-state index contributed by atoms with van der Waals surface area (Å²) in [5, 5.41) is 3.44. The molecule has 1 saturated carbocycles. The zero-order chi connectivity index (χ0) is 14.0. The summed E-state index contributed by atoms with van der Waals surface area (Å²) in [4.78, 5) is 0. The van der Waals surface area contributed by atoms with Crippen molar-refractivity contribution in [3.8, 4) is 11.5 Å². The lowest BCUT2D eigenvalue weighted by molar-refractivity contribution is 0.346. The Morgan fingerprint density at radius 2 is 1.79 bits per heavy atom. The van der Waals surface area contributed by atoms with E-state index in [1.54, 1.807) is 14.2 Å². The van der Waals surface area contributed by atoms with Crippen LogP contribution < -0.4 is 14.8 Å². The van der Waals surface area contributed by atoms with Gasteiger partial charge in [-0.1, -0.05) is 22.9 Å². The summed E-state index contributed by atoms with van der Waals surface area (Å²) in [6.45, 7) is 2.32. The molecule has 3 nitrogen and oxygen atoms in total. The van der Waals surface area contributed by atoms with Crippen LogP contribution in [0.4, 0.5) is 0 Å². The Bertz CT molecular complexity index is 446. The van der Waals surface area contributed by atoms with Crippen LogP contribution in [0, 0.1) is 11.8 Å². The van der Waals surface area contributed by atoms with Crippen LogP contribution in [0.25, 0.3) is 0 Å². The maximum atomic E-state index is 5.41. The van der Waals surface area contributed by atoms with E-state index in [1.807, 2.05) is 13.1 Å². The van der Waals surface area contributed by atoms with Crippen LogP contribution in [0.15, 0.2) is 16.6 Å². The smallest absolute Gasteiger partial charge is 0.161 e. The van der Waals surface area contributed by atoms with Crippen LogP contribution in [0.2, 0.25) is 0 Å². The Labute approximate surface area is 123 Å². The number of nitrogens with one attached hydrogen (secondary N) is 1. The molecule has 2 rings (SSSR count). The van der Waals surface area contributed by atoms with Crippen LogP contribution in [-0.4, -0.2) is 21.3 Å². The van der Waals surface area contributed by atoms with Gasteiger partial charge in [-0.3, -0.25) is 0 Å². The van der Waals surface area contributed by atoms with Crippen molar-refractivity contribution >= 4 is 15.9 Å². The quantitative estimate of drug-likeness (QED) is 0.862. The molecule has 0 bridgehead atoms. The molecule has 1 aromatic carbocycles. The number of benzene rings is 1. The van der Waals surface area contributed by atoms with Gasteiger partial charge in [0.05, 0.1) is 14.2 Å². The highest BCUT2D eigenvalue weighted by Crippen LogP contribution is 2.45. The monoisotopic (exact) mass is 327 g/mol. The van der Waals surface area contributed by atoms with Crippen molar-refractivity contribution in [3.05, 3.63) is 22.2 Å². The van der Waals surface area contributed by atoms with Crippen molar-refractivity contribution in [1.29, 1.82) is 0 Å². The van der Waals surface area contributed by atoms with Crippen molar-refractivity contribution in [2.75, 3.05) is 21.3 Å². The molecule has 0 amide bonds. The molecule has 0 heterocycles. The Kier molecular flexibility index (Phi) is 4.74. The number of ether oxygens (including phenoxy) is 2. The zero-order valence-electron chi connectivity index (χ0n) is 12.0. The van der Waals surface area contributed by atoms with Crippen molar-refractivity contribution < 1.29 is 9.47 Å². The summed E-state index contributed by atoms with van der Waals surface area (Å²) in [7, 11) is 5.35. The molecule has 106 valence electrons. The van der Waals surface area contributed by atoms with Gasteiger partial charge in [0, 0.05) is 10.5 Å². The molecule has 1 fully saturated rings. The predicted octanol–water partition coefficient (Wildman–Crippen LogP) is 3.77. The van der Waals surface area contributed by atoms with Gasteiger partial charge in [-0.2, -0.15) is 0 Å². The third kappa shape index (κ3) is 3.06. The molecule has 2 unspecified atom stereocenters. The summed E-state index contributed by atoms with van der Waals surface area (Å²) in [5.41, 5.74) is 1.24. The molecule has 0 aromatic heterocycles. The number of hydrogen-bond donors (Lipinski definition) is 1. The highest BCUT2D eigenvalue weighted by atomic mass is 79.9. The van der Waals surface area contributed by atoms with E-state index in [0.29, 0.717) is 12.0 Å². The molecular formula is C15H22BrNO2. The van der Waals surface area contributed by atoms with E-state index in [-0.39, 0.29) is 0 Å². The van der Waals surface area contributed by atoms with Crippen LogP contribution in [0.1, 0.15) is 31.4 Å². The minimum Gasteiger partial charge on any atom is -0.493 e. The minimum atomic E-state index is 0.335. The lowest BCUT2D eigenvalue weighted by atomic mass is 9.90. The molecule has 1 aliphatic rings. The highest BCUT2D eigenvalue weighted by Gasteiger charge is 2.34. The molecule has 1 aromatic rings. The van der Waals surface area contributed by atoms with Crippen molar-refractivity contribution in [2.24, 2.45) is 11.8 Å². The number of methoxy groups -OCH3 is 2. The van der Waals surface area contributed by atoms with E-state index >= 15 is 0 Å². The summed E-state index contributed by atoms with van der Waals surface area (Å²) in [5.74, 6) is 3.01. The van der Waals surface area contributed by atoms with E-state index in [4.69, 9.17) is 9.47 Å². The van der Waals surface area contributed by atoms with Crippen molar-refractivity contribution in [1.82, 2.24) is 5.32 Å². The first-order valence-corrected chi connectivity index (χ1v) is 7.50. The van der Waals surface area contributed by atoms with E-state index in [2.05, 4.69) is 34.2 Å². The zero-order valence-corrected chi connectivity index (χ0v) is 13.6. The summed E-state index contributed by atoms with van der Waals surface area (Å²) < 4.78 is 11.8. The fourth-order valence-corrected chi connectivity index (χ4v) is 3.27. The molecule has 0 spiro atoms. The summed E-state index contributed by atoms with van der Waals surface area (Å²) in [6.07, 6.45) is 2.70. The topological polar surface area (TPSA) is 30.5 Å². The molecule has 0 saturated heterocycles. The van der Waals surface area contributed by atoms with E-state index in [0.717, 1.165) is 21.9 Å². The van der Waals surface area contributed by atoms with Crippen LogP contribution in [0.3, 0.4) is 0 Å². The first kappa shape index (κ1) is 14.7. The summed E-state index contributed by atoms with van der Waals surface area (Å²) in [6, 6.07) is 4.39.